The quantitative estimate of drug-likeness (QED) is 0.0130. The van der Waals surface area contributed by atoms with Gasteiger partial charge < -0.3 is 46.7 Å². The molecule has 1 atom stereocenters. The predicted octanol–water partition coefficient (Wildman–Crippen LogP) is 7.70. The van der Waals surface area contributed by atoms with Crippen molar-refractivity contribution < 1.29 is 62.5 Å². The first-order valence-corrected chi connectivity index (χ1v) is 28.5. The lowest BCUT2D eigenvalue weighted by molar-refractivity contribution is -0.142. The van der Waals surface area contributed by atoms with Crippen molar-refractivity contribution in [3.8, 4) is 17.2 Å². The number of rotatable bonds is 33. The molecule has 0 saturated heterocycles. The molecule has 5 amide bonds. The minimum atomic E-state index is -1.25. The van der Waals surface area contributed by atoms with Crippen LogP contribution in [0.4, 0.5) is 17.1 Å². The molecule has 0 aromatic heterocycles. The van der Waals surface area contributed by atoms with Gasteiger partial charge in [-0.3, -0.25) is 53.4 Å². The molecule has 0 spiro atoms. The number of aliphatic carboxylic acids is 1. The number of nitrogens with zero attached hydrogens (tertiary/aromatic N) is 9. The van der Waals surface area contributed by atoms with Gasteiger partial charge in [0, 0.05) is 88.6 Å². The minimum absolute atomic E-state index is 0.00422. The van der Waals surface area contributed by atoms with Gasteiger partial charge in [-0.2, -0.15) is 0 Å². The maximum absolute atomic E-state index is 12.7. The second-order valence-corrected chi connectivity index (χ2v) is 20.2. The number of primary amides is 2. The SMILES string of the molecule is CCCNC(=O)CCOc1ccc(C(=O)c2ccc(N=NN(C)C)cc2)cc1.CN(C)N=Nc1ccc(C(=O)c2ccc(OCCC(=O)NC(CCC(N)=O)C(=O)O)cc2)cc1.CN(C)N=Nc1ccc(C(=O)c2ccc(OCCC(=O)NCC(N)=O)cc2)cc1. The Balaban J connectivity index is 0.000000293. The Morgan fingerprint density at radius 1 is 0.429 bits per heavy atom. The van der Waals surface area contributed by atoms with Gasteiger partial charge in [-0.15, -0.1) is 15.3 Å². The number of carbonyl (C=O) groups is 9. The number of carbonyl (C=O) groups excluding carboxylic acids is 8. The van der Waals surface area contributed by atoms with E-state index in [1.165, 1.54) is 0 Å². The van der Waals surface area contributed by atoms with Crippen LogP contribution in [0, 0.1) is 0 Å². The molecule has 0 heterocycles. The van der Waals surface area contributed by atoms with Gasteiger partial charge >= 0.3 is 5.97 Å². The Bertz CT molecular complexity index is 3430. The number of benzene rings is 6. The van der Waals surface area contributed by atoms with Crippen molar-refractivity contribution in [2.45, 2.75) is 51.5 Å². The fraction of sp³-hybridized carbons (Fsp3) is 0.297. The monoisotopic (exact) mass is 1250 g/mol. The number of ketones is 3. The van der Waals surface area contributed by atoms with Crippen LogP contribution < -0.4 is 41.6 Å². The van der Waals surface area contributed by atoms with Gasteiger partial charge in [0.05, 0.1) is 62.7 Å². The Kier molecular flexibility index (Phi) is 30.8. The van der Waals surface area contributed by atoms with E-state index in [1.54, 1.807) is 203 Å². The highest BCUT2D eigenvalue weighted by Gasteiger charge is 2.21. The third-order valence-corrected chi connectivity index (χ3v) is 11.9. The number of carboxylic acids is 1. The molecule has 27 nitrogen and oxygen atoms in total. The number of carboxylic acid groups (broad SMARTS) is 1. The number of amides is 5. The van der Waals surface area contributed by atoms with E-state index in [9.17, 15) is 43.2 Å². The molecule has 1 unspecified atom stereocenters. The summed E-state index contributed by atoms with van der Waals surface area (Å²) < 4.78 is 16.5. The van der Waals surface area contributed by atoms with E-state index in [1.807, 2.05) is 6.92 Å². The average Bonchev–Trinajstić information content (AvgIpc) is 3.10. The van der Waals surface area contributed by atoms with Gasteiger partial charge in [0.2, 0.25) is 29.5 Å². The number of nitrogens with two attached hydrogens (primary N) is 2. The highest BCUT2D eigenvalue weighted by molar-refractivity contribution is 6.10. The molecular weight excluding hydrogens is 1170 g/mol. The third-order valence-electron chi connectivity index (χ3n) is 11.9. The number of hydrogen-bond donors (Lipinski definition) is 6. The fourth-order valence-corrected chi connectivity index (χ4v) is 7.29. The Hall–Kier alpha value is -11.3. The molecule has 0 bridgehead atoms. The van der Waals surface area contributed by atoms with Crippen LogP contribution in [-0.4, -0.2) is 154 Å². The second kappa shape index (κ2) is 38.8. The zero-order valence-corrected chi connectivity index (χ0v) is 51.7. The van der Waals surface area contributed by atoms with E-state index < -0.39 is 29.7 Å². The van der Waals surface area contributed by atoms with Gasteiger partial charge in [0.1, 0.15) is 23.3 Å². The molecule has 8 N–H and O–H groups in total. The van der Waals surface area contributed by atoms with Crippen LogP contribution in [0.3, 0.4) is 0 Å². The fourth-order valence-electron chi connectivity index (χ4n) is 7.29. The van der Waals surface area contributed by atoms with Crippen molar-refractivity contribution in [2.24, 2.45) is 42.5 Å². The van der Waals surface area contributed by atoms with Crippen LogP contribution in [0.2, 0.25) is 0 Å². The Morgan fingerprint density at radius 3 is 1.00 bits per heavy atom. The molecule has 0 aliphatic rings. The Labute approximate surface area is 526 Å². The van der Waals surface area contributed by atoms with Crippen LogP contribution >= 0.6 is 0 Å². The highest BCUT2D eigenvalue weighted by Crippen LogP contribution is 2.23. The Morgan fingerprint density at radius 2 is 0.725 bits per heavy atom. The van der Waals surface area contributed by atoms with Gasteiger partial charge in [0.15, 0.2) is 17.3 Å². The molecule has 0 aliphatic heterocycles. The predicted molar refractivity (Wildman–Crippen MR) is 337 cm³/mol. The number of hydrogen-bond acceptors (Lipinski definition) is 18. The zero-order valence-electron chi connectivity index (χ0n) is 51.7. The molecule has 27 heteroatoms. The summed E-state index contributed by atoms with van der Waals surface area (Å²) in [6.45, 7) is 2.92. The maximum atomic E-state index is 12.7. The van der Waals surface area contributed by atoms with Crippen LogP contribution in [0.15, 0.2) is 177 Å². The first kappa shape index (κ1) is 72.2. The van der Waals surface area contributed by atoms with E-state index >= 15 is 0 Å². The lowest BCUT2D eigenvalue weighted by atomic mass is 10.0. The summed E-state index contributed by atoms with van der Waals surface area (Å²) in [6, 6.07) is 39.3. The van der Waals surface area contributed by atoms with Crippen molar-refractivity contribution in [1.82, 2.24) is 31.0 Å². The molecule has 6 rings (SSSR count). The third kappa shape index (κ3) is 28.4. The average molecular weight is 1250 g/mol. The molecule has 91 heavy (non-hydrogen) atoms. The van der Waals surface area contributed by atoms with Gasteiger partial charge in [-0.1, -0.05) is 22.6 Å². The lowest BCUT2D eigenvalue weighted by Crippen LogP contribution is -2.41. The highest BCUT2D eigenvalue weighted by atomic mass is 16.5. The lowest BCUT2D eigenvalue weighted by Gasteiger charge is -2.14. The van der Waals surface area contributed by atoms with Crippen molar-refractivity contribution in [1.29, 1.82) is 0 Å². The topological polar surface area (TPSA) is 374 Å². The number of nitrogens with one attached hydrogen (secondary N) is 3. The number of ether oxygens (including phenoxy) is 3. The summed E-state index contributed by atoms with van der Waals surface area (Å²) >= 11 is 0. The molecule has 6 aromatic rings. The van der Waals surface area contributed by atoms with Crippen LogP contribution in [0.1, 0.15) is 93.2 Å². The summed E-state index contributed by atoms with van der Waals surface area (Å²) in [6.07, 6.45) is 0.980. The normalized spacial score (nSPS) is 11.0. The van der Waals surface area contributed by atoms with E-state index in [0.29, 0.717) is 87.3 Å². The van der Waals surface area contributed by atoms with Crippen molar-refractivity contribution in [2.75, 3.05) is 75.2 Å². The van der Waals surface area contributed by atoms with Gasteiger partial charge in [0.25, 0.3) is 0 Å². The smallest absolute Gasteiger partial charge is 0.326 e. The van der Waals surface area contributed by atoms with Gasteiger partial charge in [-0.05, 0) is 158 Å². The maximum Gasteiger partial charge on any atom is 0.326 e. The van der Waals surface area contributed by atoms with Crippen molar-refractivity contribution in [3.63, 3.8) is 0 Å². The van der Waals surface area contributed by atoms with E-state index in [0.717, 1.165) is 6.42 Å². The standard InChI is InChI=1S/C23H27N5O6.C21H26N4O3.C20H23N5O4/c1-28(2)27-26-17-7-3-15(4-8-17)22(31)16-5-9-18(10-6-16)34-14-13-21(30)25-19(23(32)33)11-12-20(24)29;1-4-14-22-20(26)13-15-28-19-11-7-17(8-12-19)21(27)16-5-9-18(10-6-16)23-24-25(2)3;1-25(2)24-23-16-7-3-14(4-8-16)20(28)15-5-9-17(10-6-15)29-12-11-19(27)22-13-18(21)26/h3-10,19H,11-14H2,1-2H3,(H2,24,29)(H,25,30)(H,32,33);5-12H,4,13-15H2,1-3H3,(H,22,26);3-10H,11-13H2,1-2H3,(H2,21,26)(H,22,27). The second-order valence-electron chi connectivity index (χ2n) is 20.2. The minimum Gasteiger partial charge on any atom is -0.493 e. The summed E-state index contributed by atoms with van der Waals surface area (Å²) in [5, 5.41) is 45.2. The first-order chi connectivity index (χ1) is 43.5. The summed E-state index contributed by atoms with van der Waals surface area (Å²) in [5.74, 6) is -2.15. The van der Waals surface area contributed by atoms with Crippen molar-refractivity contribution in [3.05, 3.63) is 179 Å². The largest absolute Gasteiger partial charge is 0.493 e. The van der Waals surface area contributed by atoms with E-state index in [-0.39, 0.29) is 74.6 Å². The molecule has 0 radical (unpaired) electrons. The van der Waals surface area contributed by atoms with Gasteiger partial charge in [-0.25, -0.2) is 4.79 Å². The summed E-state index contributed by atoms with van der Waals surface area (Å²) in [5.41, 5.74) is 15.1. The van der Waals surface area contributed by atoms with E-state index in [2.05, 4.69) is 47.0 Å². The molecular formula is C64H76N14O13. The van der Waals surface area contributed by atoms with Crippen LogP contribution in [0.5, 0.6) is 17.2 Å². The molecule has 0 aliphatic carbocycles. The van der Waals surface area contributed by atoms with Crippen LogP contribution in [0.25, 0.3) is 0 Å². The van der Waals surface area contributed by atoms with Crippen LogP contribution in [-0.2, 0) is 28.8 Å². The summed E-state index contributed by atoms with van der Waals surface area (Å²) in [7, 11) is 10.6. The molecule has 480 valence electrons. The van der Waals surface area contributed by atoms with Crippen molar-refractivity contribution >= 4 is 69.9 Å². The molecule has 0 fully saturated rings. The molecule has 0 saturated carbocycles. The van der Waals surface area contributed by atoms with E-state index in [4.69, 9.17) is 30.8 Å². The molecule has 6 aromatic carbocycles. The summed E-state index contributed by atoms with van der Waals surface area (Å²) in [4.78, 5) is 105. The zero-order chi connectivity index (χ0) is 66.7. The first-order valence-electron chi connectivity index (χ1n) is 28.5.